The molecule has 194 valence electrons. The third-order valence-electron chi connectivity index (χ3n) is 6.58. The van der Waals surface area contributed by atoms with Gasteiger partial charge in [0.1, 0.15) is 24.0 Å². The first-order valence-electron chi connectivity index (χ1n) is 11.3. The Labute approximate surface area is 216 Å². The number of ether oxygens (including phenoxy) is 1. The Hall–Kier alpha value is -4.26. The fourth-order valence-electron chi connectivity index (χ4n) is 4.74. The zero-order chi connectivity index (χ0) is 26.8. The van der Waals surface area contributed by atoms with Crippen molar-refractivity contribution in [3.05, 3.63) is 75.6 Å². The van der Waals surface area contributed by atoms with Crippen LogP contribution in [0.2, 0.25) is 0 Å². The maximum Gasteiger partial charge on any atom is 0.416 e. The molecule has 1 atom stereocenters. The van der Waals surface area contributed by atoms with Crippen LogP contribution in [0.1, 0.15) is 33.2 Å². The van der Waals surface area contributed by atoms with E-state index in [0.29, 0.717) is 27.5 Å². The van der Waals surface area contributed by atoms with Gasteiger partial charge in [-0.3, -0.25) is 9.48 Å². The maximum atomic E-state index is 15.4. The van der Waals surface area contributed by atoms with Gasteiger partial charge in [0.15, 0.2) is 0 Å². The van der Waals surface area contributed by atoms with Gasteiger partial charge in [-0.1, -0.05) is 6.07 Å². The van der Waals surface area contributed by atoms with E-state index >= 15 is 4.39 Å². The molecule has 13 heteroatoms. The summed E-state index contributed by atoms with van der Waals surface area (Å²) in [4.78, 5) is 23.8. The van der Waals surface area contributed by atoms with Gasteiger partial charge in [-0.15, -0.1) is 11.3 Å². The predicted octanol–water partition coefficient (Wildman–Crippen LogP) is 5.09. The first kappa shape index (κ1) is 24.1. The molecule has 3 aromatic heterocycles. The molecule has 0 bridgehead atoms. The summed E-state index contributed by atoms with van der Waals surface area (Å²) in [6, 6.07) is 4.92. The summed E-state index contributed by atoms with van der Waals surface area (Å²) >= 11 is 1.32. The summed E-state index contributed by atoms with van der Waals surface area (Å²) in [6.07, 6.45) is -3.01. The minimum absolute atomic E-state index is 0.00456. The van der Waals surface area contributed by atoms with E-state index < -0.39 is 29.5 Å². The molecule has 1 aliphatic heterocycles. The van der Waals surface area contributed by atoms with Gasteiger partial charge >= 0.3 is 6.18 Å². The average Bonchev–Trinajstić information content (AvgIpc) is 3.61. The van der Waals surface area contributed by atoms with Gasteiger partial charge in [-0.05, 0) is 18.2 Å². The average molecular weight is 543 g/mol. The van der Waals surface area contributed by atoms with Crippen molar-refractivity contribution >= 4 is 44.9 Å². The number of alkyl halides is 3. The van der Waals surface area contributed by atoms with E-state index in [1.165, 1.54) is 28.4 Å². The minimum Gasteiger partial charge on any atom is -0.491 e. The quantitative estimate of drug-likeness (QED) is 0.318. The number of halogens is 4. The number of aryl methyl sites for hydroxylation is 1. The summed E-state index contributed by atoms with van der Waals surface area (Å²) in [5, 5.41) is 6.98. The van der Waals surface area contributed by atoms with Crippen LogP contribution in [0.25, 0.3) is 21.8 Å². The molecule has 0 saturated heterocycles. The topological polar surface area (TPSA) is 99.2 Å². The fourth-order valence-corrected chi connectivity index (χ4v) is 5.29. The van der Waals surface area contributed by atoms with Crippen molar-refractivity contribution in [3.63, 3.8) is 0 Å². The molecule has 0 aliphatic carbocycles. The standard InChI is InChI=1S/C25H18F4N6O2S/c1-34-22-16-5-15(18(26)6-19(16)33-23(30)17(22)7-32-34)24(36)35(8-13-10-38-11-31-13)20-9-37-21-4-12(25(27,28)29)2-3-14(20)21/h2-7,10-11,20H,8-9H2,1H3,(H2,30,33). The number of nitrogens with zero attached hydrogens (tertiary/aromatic N) is 5. The second kappa shape index (κ2) is 8.65. The molecule has 5 aromatic rings. The lowest BCUT2D eigenvalue weighted by atomic mass is 10.0. The van der Waals surface area contributed by atoms with Crippen LogP contribution in [-0.2, 0) is 19.8 Å². The number of rotatable bonds is 4. The van der Waals surface area contributed by atoms with Crippen molar-refractivity contribution in [2.24, 2.45) is 7.05 Å². The van der Waals surface area contributed by atoms with Crippen LogP contribution in [0.15, 0.2) is 47.4 Å². The summed E-state index contributed by atoms with van der Waals surface area (Å²) in [5.74, 6) is -1.28. The van der Waals surface area contributed by atoms with Crippen LogP contribution in [-0.4, -0.2) is 37.2 Å². The molecule has 1 amide bonds. The highest BCUT2D eigenvalue weighted by molar-refractivity contribution is 7.07. The molecular weight excluding hydrogens is 524 g/mol. The third-order valence-corrected chi connectivity index (χ3v) is 7.21. The Kier molecular flexibility index (Phi) is 5.49. The Morgan fingerprint density at radius 3 is 2.82 bits per heavy atom. The molecule has 8 nitrogen and oxygen atoms in total. The zero-order valence-electron chi connectivity index (χ0n) is 19.7. The summed E-state index contributed by atoms with van der Waals surface area (Å²) in [6.45, 7) is -0.0960. The number of hydrogen-bond donors (Lipinski definition) is 1. The molecule has 38 heavy (non-hydrogen) atoms. The number of nitrogens with two attached hydrogens (primary N) is 1. The van der Waals surface area contributed by atoms with Gasteiger partial charge in [0.25, 0.3) is 5.91 Å². The molecule has 0 spiro atoms. The number of thiazole rings is 1. The number of carbonyl (C=O) groups is 1. The molecule has 0 radical (unpaired) electrons. The lowest BCUT2D eigenvalue weighted by Crippen LogP contribution is -2.36. The van der Waals surface area contributed by atoms with Crippen LogP contribution in [0.5, 0.6) is 5.75 Å². The molecule has 1 aliphatic rings. The van der Waals surface area contributed by atoms with Crippen molar-refractivity contribution < 1.29 is 27.1 Å². The highest BCUT2D eigenvalue weighted by Crippen LogP contribution is 2.41. The monoisotopic (exact) mass is 542 g/mol. The van der Waals surface area contributed by atoms with E-state index in [9.17, 15) is 18.0 Å². The lowest BCUT2D eigenvalue weighted by Gasteiger charge is -2.28. The van der Waals surface area contributed by atoms with Gasteiger partial charge in [0, 0.05) is 29.4 Å². The highest BCUT2D eigenvalue weighted by atomic mass is 32.1. The van der Waals surface area contributed by atoms with Crippen LogP contribution in [0.4, 0.5) is 23.4 Å². The SMILES string of the molecule is Cn1ncc2c(N)nc3cc(F)c(C(=O)N(Cc4cscn4)C4COc5cc(C(F)(F)F)ccc54)cc3c21. The number of fused-ring (bicyclic) bond motifs is 4. The number of nitrogen functional groups attached to an aromatic ring is 1. The second-order valence-corrected chi connectivity index (χ2v) is 9.59. The molecule has 4 heterocycles. The summed E-state index contributed by atoms with van der Waals surface area (Å²) in [5.41, 5.74) is 8.31. The fraction of sp³-hybridized carbons (Fsp3) is 0.200. The normalized spacial score (nSPS) is 15.1. The first-order chi connectivity index (χ1) is 18.1. The Morgan fingerprint density at radius 2 is 2.08 bits per heavy atom. The van der Waals surface area contributed by atoms with Crippen molar-refractivity contribution in [2.45, 2.75) is 18.8 Å². The van der Waals surface area contributed by atoms with Crippen LogP contribution >= 0.6 is 11.3 Å². The van der Waals surface area contributed by atoms with E-state index in [0.717, 1.165) is 18.2 Å². The molecule has 2 N–H and O–H groups in total. The molecule has 0 saturated carbocycles. The van der Waals surface area contributed by atoms with E-state index in [1.807, 2.05) is 0 Å². The number of aromatic nitrogens is 4. The van der Waals surface area contributed by atoms with Gasteiger partial charge < -0.3 is 15.4 Å². The molecule has 0 fully saturated rings. The molecule has 6 rings (SSSR count). The maximum absolute atomic E-state index is 15.4. The van der Waals surface area contributed by atoms with E-state index in [4.69, 9.17) is 10.5 Å². The van der Waals surface area contributed by atoms with Crippen molar-refractivity contribution in [1.29, 1.82) is 0 Å². The number of amides is 1. The third kappa shape index (κ3) is 3.90. The lowest BCUT2D eigenvalue weighted by molar-refractivity contribution is -0.137. The van der Waals surface area contributed by atoms with Crippen molar-refractivity contribution in [1.82, 2.24) is 24.6 Å². The first-order valence-corrected chi connectivity index (χ1v) is 12.3. The Bertz CT molecular complexity index is 1720. The smallest absolute Gasteiger partial charge is 0.416 e. The Morgan fingerprint density at radius 1 is 1.26 bits per heavy atom. The highest BCUT2D eigenvalue weighted by Gasteiger charge is 2.38. The zero-order valence-corrected chi connectivity index (χ0v) is 20.5. The summed E-state index contributed by atoms with van der Waals surface area (Å²) in [7, 11) is 1.70. The summed E-state index contributed by atoms with van der Waals surface area (Å²) < 4.78 is 62.3. The predicted molar refractivity (Wildman–Crippen MR) is 132 cm³/mol. The number of pyridine rings is 1. The van der Waals surface area contributed by atoms with Gasteiger partial charge in [0.05, 0.1) is 57.5 Å². The van der Waals surface area contributed by atoms with Gasteiger partial charge in [-0.25, -0.2) is 14.4 Å². The van der Waals surface area contributed by atoms with Crippen LogP contribution in [0, 0.1) is 5.82 Å². The van der Waals surface area contributed by atoms with E-state index in [1.54, 1.807) is 28.8 Å². The van der Waals surface area contributed by atoms with Crippen LogP contribution < -0.4 is 10.5 Å². The number of anilines is 1. The van der Waals surface area contributed by atoms with Gasteiger partial charge in [0.2, 0.25) is 0 Å². The van der Waals surface area contributed by atoms with Crippen LogP contribution in [0.3, 0.4) is 0 Å². The van der Waals surface area contributed by atoms with Crippen molar-refractivity contribution in [2.75, 3.05) is 12.3 Å². The van der Waals surface area contributed by atoms with E-state index in [-0.39, 0.29) is 35.8 Å². The molecule has 2 aromatic carbocycles. The van der Waals surface area contributed by atoms with Gasteiger partial charge in [-0.2, -0.15) is 18.3 Å². The number of carbonyl (C=O) groups excluding carboxylic acids is 1. The number of hydrogen-bond acceptors (Lipinski definition) is 7. The molecular formula is C25H18F4N6O2S. The molecule has 1 unspecified atom stereocenters. The Balaban J connectivity index is 1.47. The number of benzene rings is 2. The van der Waals surface area contributed by atoms with Crippen molar-refractivity contribution in [3.8, 4) is 5.75 Å². The van der Waals surface area contributed by atoms with E-state index in [2.05, 4.69) is 15.1 Å². The minimum atomic E-state index is -4.55. The largest absolute Gasteiger partial charge is 0.491 e. The second-order valence-electron chi connectivity index (χ2n) is 8.87.